The van der Waals surface area contributed by atoms with Gasteiger partial charge in [-0.2, -0.15) is 0 Å². The zero-order chi connectivity index (χ0) is 15.2. The molecular weight excluding hydrogens is 270 g/mol. The highest BCUT2D eigenvalue weighted by molar-refractivity contribution is 5.95. The number of nitrogens with zero attached hydrogens (tertiary/aromatic N) is 1. The summed E-state index contributed by atoms with van der Waals surface area (Å²) in [5.41, 5.74) is 0.595. The van der Waals surface area contributed by atoms with Crippen molar-refractivity contribution in [1.29, 1.82) is 0 Å². The summed E-state index contributed by atoms with van der Waals surface area (Å²) in [7, 11) is 1.62. The summed E-state index contributed by atoms with van der Waals surface area (Å²) in [6.07, 6.45) is 1.29. The van der Waals surface area contributed by atoms with E-state index in [0.29, 0.717) is 31.1 Å². The molecule has 0 spiro atoms. The molecular formula is C16H23NO4. The molecule has 2 rings (SSSR count). The van der Waals surface area contributed by atoms with E-state index >= 15 is 0 Å². The largest absolute Gasteiger partial charge is 0.491 e. The minimum absolute atomic E-state index is 0.0457. The number of ether oxygens (including phenoxy) is 2. The maximum absolute atomic E-state index is 12.6. The lowest BCUT2D eigenvalue weighted by atomic mass is 10.1. The van der Waals surface area contributed by atoms with Crippen molar-refractivity contribution >= 4 is 5.91 Å². The average molecular weight is 293 g/mol. The third-order valence-electron chi connectivity index (χ3n) is 3.75. The second-order valence-corrected chi connectivity index (χ2v) is 5.32. The zero-order valence-corrected chi connectivity index (χ0v) is 12.6. The first-order valence-corrected chi connectivity index (χ1v) is 7.34. The molecule has 0 bridgehead atoms. The van der Waals surface area contributed by atoms with Crippen molar-refractivity contribution in [3.63, 3.8) is 0 Å². The standard InChI is InChI=1S/C16H23NO4/c1-12(18)15-7-4-8-17(15)16(19)13-5-3-6-14(11-13)21-10-9-20-2/h3,5-6,11-12,15,18H,4,7-10H2,1-2H3/t12?,15-/m1/s1. The summed E-state index contributed by atoms with van der Waals surface area (Å²) >= 11 is 0. The van der Waals surface area contributed by atoms with E-state index in [-0.39, 0.29) is 11.9 Å². The first-order chi connectivity index (χ1) is 10.1. The molecule has 0 saturated carbocycles. The molecule has 5 heteroatoms. The van der Waals surface area contributed by atoms with E-state index in [1.165, 1.54) is 0 Å². The Hall–Kier alpha value is -1.59. The van der Waals surface area contributed by atoms with Gasteiger partial charge in [-0.15, -0.1) is 0 Å². The Morgan fingerprint density at radius 3 is 3.00 bits per heavy atom. The topological polar surface area (TPSA) is 59.0 Å². The molecule has 1 unspecified atom stereocenters. The van der Waals surface area contributed by atoms with Crippen LogP contribution in [0, 0.1) is 0 Å². The minimum Gasteiger partial charge on any atom is -0.491 e. The lowest BCUT2D eigenvalue weighted by Crippen LogP contribution is -2.41. The summed E-state index contributed by atoms with van der Waals surface area (Å²) in [6.45, 7) is 3.40. The number of likely N-dealkylation sites (tertiary alicyclic amines) is 1. The maximum atomic E-state index is 12.6. The van der Waals surface area contributed by atoms with Crippen molar-refractivity contribution in [2.75, 3.05) is 26.9 Å². The van der Waals surface area contributed by atoms with Crippen molar-refractivity contribution in [3.8, 4) is 5.75 Å². The van der Waals surface area contributed by atoms with Crippen LogP contribution in [-0.4, -0.2) is 54.9 Å². The summed E-state index contributed by atoms with van der Waals surface area (Å²) < 4.78 is 10.5. The van der Waals surface area contributed by atoms with Crippen LogP contribution in [0.1, 0.15) is 30.1 Å². The molecule has 21 heavy (non-hydrogen) atoms. The second-order valence-electron chi connectivity index (χ2n) is 5.32. The van der Waals surface area contributed by atoms with Crippen LogP contribution in [0.15, 0.2) is 24.3 Å². The lowest BCUT2D eigenvalue weighted by molar-refractivity contribution is 0.0537. The number of aliphatic hydroxyl groups is 1. The van der Waals surface area contributed by atoms with E-state index in [1.807, 2.05) is 12.1 Å². The predicted molar refractivity (Wildman–Crippen MR) is 79.6 cm³/mol. The number of hydrogen-bond acceptors (Lipinski definition) is 4. The monoisotopic (exact) mass is 293 g/mol. The van der Waals surface area contributed by atoms with E-state index in [9.17, 15) is 9.90 Å². The number of rotatable bonds is 6. The first-order valence-electron chi connectivity index (χ1n) is 7.34. The van der Waals surface area contributed by atoms with Crippen molar-refractivity contribution in [1.82, 2.24) is 4.90 Å². The molecule has 0 radical (unpaired) electrons. The van der Waals surface area contributed by atoms with Gasteiger partial charge in [0.25, 0.3) is 5.91 Å². The number of aliphatic hydroxyl groups excluding tert-OH is 1. The van der Waals surface area contributed by atoms with Gasteiger partial charge in [-0.25, -0.2) is 0 Å². The second kappa shape index (κ2) is 7.43. The zero-order valence-electron chi connectivity index (χ0n) is 12.6. The quantitative estimate of drug-likeness (QED) is 0.811. The Bertz CT molecular complexity index is 475. The first kappa shape index (κ1) is 15.8. The number of carbonyl (C=O) groups excluding carboxylic acids is 1. The van der Waals surface area contributed by atoms with Crippen LogP contribution in [-0.2, 0) is 4.74 Å². The highest BCUT2D eigenvalue weighted by atomic mass is 16.5. The van der Waals surface area contributed by atoms with E-state index in [0.717, 1.165) is 12.8 Å². The van der Waals surface area contributed by atoms with E-state index < -0.39 is 6.10 Å². The number of carbonyl (C=O) groups is 1. The molecule has 116 valence electrons. The van der Waals surface area contributed by atoms with Crippen molar-refractivity contribution in [2.24, 2.45) is 0 Å². The smallest absolute Gasteiger partial charge is 0.254 e. The normalized spacial score (nSPS) is 19.6. The van der Waals surface area contributed by atoms with Gasteiger partial charge in [0.15, 0.2) is 0 Å². The molecule has 1 fully saturated rings. The van der Waals surface area contributed by atoms with Crippen LogP contribution in [0.2, 0.25) is 0 Å². The van der Waals surface area contributed by atoms with Gasteiger partial charge in [0.2, 0.25) is 0 Å². The third-order valence-corrected chi connectivity index (χ3v) is 3.75. The molecule has 1 aliphatic rings. The van der Waals surface area contributed by atoms with Gasteiger partial charge in [0, 0.05) is 19.2 Å². The molecule has 1 heterocycles. The van der Waals surface area contributed by atoms with Crippen LogP contribution >= 0.6 is 0 Å². The summed E-state index contributed by atoms with van der Waals surface area (Å²) in [5, 5.41) is 9.78. The van der Waals surface area contributed by atoms with Gasteiger partial charge >= 0.3 is 0 Å². The van der Waals surface area contributed by atoms with Crippen LogP contribution in [0.3, 0.4) is 0 Å². The molecule has 1 N–H and O–H groups in total. The molecule has 1 amide bonds. The Kier molecular flexibility index (Phi) is 5.59. The average Bonchev–Trinajstić information content (AvgIpc) is 2.97. The molecule has 5 nitrogen and oxygen atoms in total. The molecule has 0 aromatic heterocycles. The highest BCUT2D eigenvalue weighted by Crippen LogP contribution is 2.24. The number of hydrogen-bond donors (Lipinski definition) is 1. The number of benzene rings is 1. The molecule has 1 aromatic carbocycles. The maximum Gasteiger partial charge on any atom is 0.254 e. The fourth-order valence-corrected chi connectivity index (χ4v) is 2.67. The van der Waals surface area contributed by atoms with Gasteiger partial charge in [-0.3, -0.25) is 4.79 Å². The van der Waals surface area contributed by atoms with Gasteiger partial charge in [-0.1, -0.05) is 6.07 Å². The Morgan fingerprint density at radius 1 is 1.48 bits per heavy atom. The highest BCUT2D eigenvalue weighted by Gasteiger charge is 2.32. The Morgan fingerprint density at radius 2 is 2.29 bits per heavy atom. The van der Waals surface area contributed by atoms with Gasteiger partial charge in [0.1, 0.15) is 12.4 Å². The third kappa shape index (κ3) is 3.95. The van der Waals surface area contributed by atoms with Crippen molar-refractivity contribution in [3.05, 3.63) is 29.8 Å². The van der Waals surface area contributed by atoms with Crippen LogP contribution in [0.4, 0.5) is 0 Å². The number of methoxy groups -OCH3 is 1. The fourth-order valence-electron chi connectivity index (χ4n) is 2.67. The minimum atomic E-state index is -0.502. The molecule has 0 aliphatic carbocycles. The van der Waals surface area contributed by atoms with Crippen molar-refractivity contribution < 1.29 is 19.4 Å². The van der Waals surface area contributed by atoms with E-state index in [4.69, 9.17) is 9.47 Å². The van der Waals surface area contributed by atoms with E-state index in [1.54, 1.807) is 31.1 Å². The summed E-state index contributed by atoms with van der Waals surface area (Å²) in [6, 6.07) is 7.07. The Labute approximate surface area is 125 Å². The molecule has 1 aromatic rings. The fraction of sp³-hybridized carbons (Fsp3) is 0.562. The summed E-state index contributed by atoms with van der Waals surface area (Å²) in [4.78, 5) is 14.3. The SMILES string of the molecule is COCCOc1cccc(C(=O)N2CCC[C@@H]2C(C)O)c1. The molecule has 1 aliphatic heterocycles. The summed E-state index contributed by atoms with van der Waals surface area (Å²) in [5.74, 6) is 0.612. The van der Waals surface area contributed by atoms with Gasteiger partial charge < -0.3 is 19.5 Å². The van der Waals surface area contributed by atoms with Crippen LogP contribution in [0.5, 0.6) is 5.75 Å². The van der Waals surface area contributed by atoms with Crippen LogP contribution < -0.4 is 4.74 Å². The van der Waals surface area contributed by atoms with Gasteiger partial charge in [-0.05, 0) is 38.0 Å². The number of amides is 1. The van der Waals surface area contributed by atoms with E-state index in [2.05, 4.69) is 0 Å². The lowest BCUT2D eigenvalue weighted by Gasteiger charge is -2.27. The van der Waals surface area contributed by atoms with Crippen molar-refractivity contribution in [2.45, 2.75) is 31.9 Å². The van der Waals surface area contributed by atoms with Gasteiger partial charge in [0.05, 0.1) is 18.8 Å². The molecule has 2 atom stereocenters. The van der Waals surface area contributed by atoms with Crippen LogP contribution in [0.25, 0.3) is 0 Å². The molecule has 1 saturated heterocycles. The Balaban J connectivity index is 2.06. The predicted octanol–water partition coefficient (Wildman–Crippen LogP) is 1.70.